The Kier molecular flexibility index (Phi) is 5.96. The number of hydrogen-bond donors (Lipinski definition) is 1. The van der Waals surface area contributed by atoms with E-state index in [1.807, 2.05) is 4.90 Å². The van der Waals surface area contributed by atoms with E-state index in [4.69, 9.17) is 16.7 Å². The van der Waals surface area contributed by atoms with Crippen molar-refractivity contribution < 1.29 is 22.7 Å². The maximum atomic E-state index is 13.2. The van der Waals surface area contributed by atoms with Gasteiger partial charge in [-0.3, -0.25) is 4.79 Å². The largest absolute Gasteiger partial charge is 0.481 e. The van der Waals surface area contributed by atoms with Crippen LogP contribution in [0.5, 0.6) is 0 Å². The average Bonchev–Trinajstić information content (AvgIpc) is 2.50. The summed E-state index contributed by atoms with van der Waals surface area (Å²) in [4.78, 5) is 12.5. The number of benzene rings is 1. The van der Waals surface area contributed by atoms with E-state index in [1.165, 1.54) is 10.4 Å². The molecular weight excluding hydrogens is 347 g/mol. The van der Waals surface area contributed by atoms with Crippen molar-refractivity contribution in [1.82, 2.24) is 9.21 Å². The highest BCUT2D eigenvalue weighted by Crippen LogP contribution is 2.23. The third-order valence-corrected chi connectivity index (χ3v) is 5.91. The molecule has 0 bridgehead atoms. The molecule has 1 aromatic carbocycles. The van der Waals surface area contributed by atoms with E-state index in [2.05, 4.69) is 0 Å². The molecule has 1 fully saturated rings. The van der Waals surface area contributed by atoms with E-state index >= 15 is 0 Å². The summed E-state index contributed by atoms with van der Waals surface area (Å²) in [5.41, 5.74) is 0. The van der Waals surface area contributed by atoms with Crippen LogP contribution in [0, 0.1) is 5.82 Å². The third-order valence-electron chi connectivity index (χ3n) is 3.73. The van der Waals surface area contributed by atoms with E-state index in [9.17, 15) is 17.6 Å². The number of sulfonamides is 1. The van der Waals surface area contributed by atoms with Crippen LogP contribution in [0.25, 0.3) is 0 Å². The van der Waals surface area contributed by atoms with Crippen LogP contribution in [0.4, 0.5) is 4.39 Å². The molecule has 0 aliphatic carbocycles. The number of carboxylic acid groups (broad SMARTS) is 1. The van der Waals surface area contributed by atoms with E-state index in [0.29, 0.717) is 39.1 Å². The predicted molar refractivity (Wildman–Crippen MR) is 83.5 cm³/mol. The van der Waals surface area contributed by atoms with Crippen LogP contribution in [0.3, 0.4) is 0 Å². The molecular formula is C14H18ClFN2O4S. The molecule has 128 valence electrons. The number of carbonyl (C=O) groups is 1. The fraction of sp³-hybridized carbons (Fsp3) is 0.500. The summed E-state index contributed by atoms with van der Waals surface area (Å²) in [5, 5.41) is 8.39. The van der Waals surface area contributed by atoms with Crippen molar-refractivity contribution in [3.63, 3.8) is 0 Å². The van der Waals surface area contributed by atoms with Gasteiger partial charge in [-0.15, -0.1) is 0 Å². The molecule has 0 unspecified atom stereocenters. The maximum absolute atomic E-state index is 13.2. The molecule has 23 heavy (non-hydrogen) atoms. The van der Waals surface area contributed by atoms with Crippen LogP contribution in [0.1, 0.15) is 12.8 Å². The van der Waals surface area contributed by atoms with Crippen molar-refractivity contribution in [2.45, 2.75) is 17.7 Å². The summed E-state index contributed by atoms with van der Waals surface area (Å²) in [6, 6.07) is 3.36. The Bertz CT molecular complexity index is 675. The molecule has 0 radical (unpaired) electrons. The van der Waals surface area contributed by atoms with Crippen LogP contribution in [0.2, 0.25) is 5.02 Å². The second-order valence-corrected chi connectivity index (χ2v) is 7.66. The molecule has 1 heterocycles. The Morgan fingerprint density at radius 2 is 1.91 bits per heavy atom. The van der Waals surface area contributed by atoms with Crippen molar-refractivity contribution in [2.75, 3.05) is 32.7 Å². The number of piperazine rings is 1. The molecule has 0 saturated carbocycles. The quantitative estimate of drug-likeness (QED) is 0.830. The van der Waals surface area contributed by atoms with Crippen molar-refractivity contribution >= 4 is 27.6 Å². The van der Waals surface area contributed by atoms with Gasteiger partial charge in [0.1, 0.15) is 5.82 Å². The van der Waals surface area contributed by atoms with Crippen molar-refractivity contribution in [2.24, 2.45) is 0 Å². The number of nitrogens with zero attached hydrogens (tertiary/aromatic N) is 2. The van der Waals surface area contributed by atoms with Gasteiger partial charge in [0.2, 0.25) is 10.0 Å². The Hall–Kier alpha value is -1.22. The smallest absolute Gasteiger partial charge is 0.303 e. The van der Waals surface area contributed by atoms with Crippen molar-refractivity contribution in [1.29, 1.82) is 0 Å². The second-order valence-electron chi connectivity index (χ2n) is 5.32. The zero-order chi connectivity index (χ0) is 17.0. The molecule has 0 atom stereocenters. The van der Waals surface area contributed by atoms with Crippen LogP contribution in [-0.2, 0) is 14.8 Å². The first-order chi connectivity index (χ1) is 10.8. The van der Waals surface area contributed by atoms with E-state index in [-0.39, 0.29) is 16.3 Å². The van der Waals surface area contributed by atoms with Gasteiger partial charge in [-0.25, -0.2) is 12.8 Å². The summed E-state index contributed by atoms with van der Waals surface area (Å²) in [7, 11) is -3.70. The lowest BCUT2D eigenvalue weighted by Gasteiger charge is -2.33. The SMILES string of the molecule is O=C(O)CCCN1CCN(S(=O)(=O)c2ccc(F)c(Cl)c2)CC1. The van der Waals surface area contributed by atoms with E-state index in [1.54, 1.807) is 0 Å². The summed E-state index contributed by atoms with van der Waals surface area (Å²) in [6.45, 7) is 2.32. The van der Waals surface area contributed by atoms with Gasteiger partial charge in [0.05, 0.1) is 9.92 Å². The molecule has 6 nitrogen and oxygen atoms in total. The van der Waals surface area contributed by atoms with Crippen LogP contribution < -0.4 is 0 Å². The predicted octanol–water partition coefficient (Wildman–Crippen LogP) is 1.65. The minimum Gasteiger partial charge on any atom is -0.481 e. The Morgan fingerprint density at radius 3 is 2.48 bits per heavy atom. The summed E-state index contributed by atoms with van der Waals surface area (Å²) in [5.74, 6) is -1.49. The number of hydrogen-bond acceptors (Lipinski definition) is 4. The molecule has 9 heteroatoms. The fourth-order valence-corrected chi connectivity index (χ4v) is 4.13. The van der Waals surface area contributed by atoms with Crippen LogP contribution in [0.15, 0.2) is 23.1 Å². The lowest BCUT2D eigenvalue weighted by Crippen LogP contribution is -2.48. The minimum atomic E-state index is -3.70. The minimum absolute atomic E-state index is 0.0248. The maximum Gasteiger partial charge on any atom is 0.303 e. The van der Waals surface area contributed by atoms with E-state index in [0.717, 1.165) is 12.1 Å². The lowest BCUT2D eigenvalue weighted by molar-refractivity contribution is -0.137. The Morgan fingerprint density at radius 1 is 1.26 bits per heavy atom. The highest BCUT2D eigenvalue weighted by atomic mass is 35.5. The first-order valence-corrected chi connectivity index (χ1v) is 9.02. The number of halogens is 2. The van der Waals surface area contributed by atoms with Gasteiger partial charge in [-0.2, -0.15) is 4.31 Å². The first kappa shape index (κ1) is 18.1. The molecule has 0 aromatic heterocycles. The third kappa shape index (κ3) is 4.63. The zero-order valence-corrected chi connectivity index (χ0v) is 14.0. The monoisotopic (exact) mass is 364 g/mol. The van der Waals surface area contributed by atoms with Crippen molar-refractivity contribution in [3.05, 3.63) is 29.0 Å². The lowest BCUT2D eigenvalue weighted by atomic mass is 10.2. The van der Waals surface area contributed by atoms with Gasteiger partial charge >= 0.3 is 5.97 Å². The van der Waals surface area contributed by atoms with Crippen molar-refractivity contribution in [3.8, 4) is 0 Å². The zero-order valence-electron chi connectivity index (χ0n) is 12.4. The van der Waals surface area contributed by atoms with Gasteiger partial charge < -0.3 is 10.0 Å². The molecule has 1 N–H and O–H groups in total. The molecule has 1 aliphatic rings. The second kappa shape index (κ2) is 7.57. The Labute approximate surface area is 139 Å². The number of rotatable bonds is 6. The highest BCUT2D eigenvalue weighted by molar-refractivity contribution is 7.89. The van der Waals surface area contributed by atoms with Crippen LogP contribution >= 0.6 is 11.6 Å². The highest BCUT2D eigenvalue weighted by Gasteiger charge is 2.28. The molecule has 1 aromatic rings. The molecule has 1 saturated heterocycles. The first-order valence-electron chi connectivity index (χ1n) is 7.20. The van der Waals surface area contributed by atoms with Gasteiger partial charge in [-0.1, -0.05) is 11.6 Å². The molecule has 2 rings (SSSR count). The number of carboxylic acids is 1. The topological polar surface area (TPSA) is 77.9 Å². The van der Waals surface area contributed by atoms with Gasteiger partial charge in [0, 0.05) is 32.6 Å². The van der Waals surface area contributed by atoms with Gasteiger partial charge in [0.25, 0.3) is 0 Å². The van der Waals surface area contributed by atoms with E-state index < -0.39 is 21.8 Å². The fourth-order valence-electron chi connectivity index (χ4n) is 2.43. The molecule has 1 aliphatic heterocycles. The molecule has 0 amide bonds. The normalized spacial score (nSPS) is 17.3. The summed E-state index contributed by atoms with van der Waals surface area (Å²) >= 11 is 5.65. The summed E-state index contributed by atoms with van der Waals surface area (Å²) in [6.07, 6.45) is 0.641. The standard InChI is InChI=1S/C14H18ClFN2O4S/c15-12-10-11(3-4-13(12)16)23(21,22)18-8-6-17(7-9-18)5-1-2-14(19)20/h3-4,10H,1-2,5-9H2,(H,19,20). The van der Waals surface area contributed by atoms with Crippen LogP contribution in [-0.4, -0.2) is 61.4 Å². The van der Waals surface area contributed by atoms with Gasteiger partial charge in [0.15, 0.2) is 0 Å². The average molecular weight is 365 g/mol. The Balaban J connectivity index is 1.95. The molecule has 0 spiro atoms. The number of aliphatic carboxylic acids is 1. The van der Waals surface area contributed by atoms with Gasteiger partial charge in [-0.05, 0) is 31.2 Å². The summed E-state index contributed by atoms with van der Waals surface area (Å²) < 4.78 is 39.5.